The second kappa shape index (κ2) is 7.79. The van der Waals surface area contributed by atoms with Gasteiger partial charge in [-0.15, -0.1) is 12.4 Å². The number of nitrogens with one attached hydrogen (secondary N) is 2. The normalized spacial score (nSPS) is 37.7. The maximum atomic E-state index is 13.0. The van der Waals surface area contributed by atoms with Gasteiger partial charge in [0.1, 0.15) is 0 Å². The van der Waals surface area contributed by atoms with Gasteiger partial charge in [-0.25, -0.2) is 0 Å². The van der Waals surface area contributed by atoms with Crippen molar-refractivity contribution in [1.29, 1.82) is 0 Å². The van der Waals surface area contributed by atoms with E-state index in [1.807, 2.05) is 4.90 Å². The Labute approximate surface area is 175 Å². The highest BCUT2D eigenvalue weighted by molar-refractivity contribution is 5.85. The number of halogens is 1. The Bertz CT molecular complexity index is 572. The van der Waals surface area contributed by atoms with Crippen molar-refractivity contribution in [2.45, 2.75) is 64.2 Å². The number of carbonyl (C=O) groups is 2. The molecule has 158 valence electrons. The van der Waals surface area contributed by atoms with Gasteiger partial charge < -0.3 is 15.5 Å². The van der Waals surface area contributed by atoms with Crippen molar-refractivity contribution < 1.29 is 9.59 Å². The first-order chi connectivity index (χ1) is 13.1. The lowest BCUT2D eigenvalue weighted by Crippen LogP contribution is -2.54. The number of carbonyl (C=O) groups excluding carboxylic acids is 2. The highest BCUT2D eigenvalue weighted by Crippen LogP contribution is 2.60. The molecular weight excluding hydrogens is 374 g/mol. The SMILES string of the molecule is Cl.O=C(CCNC(=O)C12CC3CC(CC(C3)C1)C2)N1CCC2(CCNC2)CC1. The molecule has 2 heterocycles. The fourth-order valence-corrected chi connectivity index (χ4v) is 7.47. The van der Waals surface area contributed by atoms with E-state index in [1.54, 1.807) is 0 Å². The van der Waals surface area contributed by atoms with E-state index >= 15 is 0 Å². The minimum Gasteiger partial charge on any atom is -0.355 e. The number of hydrogen-bond donors (Lipinski definition) is 2. The van der Waals surface area contributed by atoms with Crippen LogP contribution in [0.5, 0.6) is 0 Å². The van der Waals surface area contributed by atoms with Gasteiger partial charge in [-0.05, 0) is 87.5 Å². The van der Waals surface area contributed by atoms with E-state index in [2.05, 4.69) is 10.6 Å². The number of hydrogen-bond acceptors (Lipinski definition) is 3. The highest BCUT2D eigenvalue weighted by atomic mass is 35.5. The summed E-state index contributed by atoms with van der Waals surface area (Å²) in [6.07, 6.45) is 11.4. The van der Waals surface area contributed by atoms with E-state index in [0.717, 1.165) is 76.0 Å². The van der Waals surface area contributed by atoms with Crippen LogP contribution in [0.3, 0.4) is 0 Å². The summed E-state index contributed by atoms with van der Waals surface area (Å²) in [7, 11) is 0. The molecule has 28 heavy (non-hydrogen) atoms. The lowest BCUT2D eigenvalue weighted by molar-refractivity contribution is -0.146. The van der Waals surface area contributed by atoms with E-state index < -0.39 is 0 Å². The van der Waals surface area contributed by atoms with Crippen LogP contribution in [0.4, 0.5) is 0 Å². The summed E-state index contributed by atoms with van der Waals surface area (Å²) in [6, 6.07) is 0. The van der Waals surface area contributed by atoms with Crippen molar-refractivity contribution in [2.24, 2.45) is 28.6 Å². The van der Waals surface area contributed by atoms with E-state index in [0.29, 0.717) is 18.4 Å². The molecule has 0 unspecified atom stereocenters. The molecule has 4 bridgehead atoms. The maximum absolute atomic E-state index is 13.0. The maximum Gasteiger partial charge on any atom is 0.226 e. The molecule has 0 radical (unpaired) electrons. The first-order valence-corrected chi connectivity index (χ1v) is 11.3. The molecule has 2 amide bonds. The van der Waals surface area contributed by atoms with E-state index in [9.17, 15) is 9.59 Å². The molecule has 5 nitrogen and oxygen atoms in total. The first kappa shape index (κ1) is 20.5. The van der Waals surface area contributed by atoms with Crippen LogP contribution in [0, 0.1) is 28.6 Å². The average molecular weight is 410 g/mol. The summed E-state index contributed by atoms with van der Waals surface area (Å²) in [5, 5.41) is 6.64. The Morgan fingerprint density at radius 3 is 2.11 bits per heavy atom. The molecule has 1 spiro atoms. The summed E-state index contributed by atoms with van der Waals surface area (Å²) >= 11 is 0. The summed E-state index contributed by atoms with van der Waals surface area (Å²) < 4.78 is 0. The molecule has 2 saturated heterocycles. The molecule has 2 N–H and O–H groups in total. The van der Waals surface area contributed by atoms with Crippen molar-refractivity contribution in [2.75, 3.05) is 32.7 Å². The molecule has 6 heteroatoms. The second-order valence-electron chi connectivity index (χ2n) is 10.5. The van der Waals surface area contributed by atoms with Crippen LogP contribution in [0.15, 0.2) is 0 Å². The fourth-order valence-electron chi connectivity index (χ4n) is 7.47. The van der Waals surface area contributed by atoms with Gasteiger partial charge in [-0.3, -0.25) is 9.59 Å². The summed E-state index contributed by atoms with van der Waals surface area (Å²) in [6.45, 7) is 4.55. The zero-order valence-corrected chi connectivity index (χ0v) is 17.8. The monoisotopic (exact) mass is 409 g/mol. The average Bonchev–Trinajstić information content (AvgIpc) is 3.09. The van der Waals surface area contributed by atoms with Crippen molar-refractivity contribution in [3.05, 3.63) is 0 Å². The van der Waals surface area contributed by atoms with Gasteiger partial charge in [0.25, 0.3) is 0 Å². The molecule has 6 rings (SSSR count). The smallest absolute Gasteiger partial charge is 0.226 e. The topological polar surface area (TPSA) is 61.4 Å². The molecule has 2 aliphatic heterocycles. The van der Waals surface area contributed by atoms with Gasteiger partial charge in [0.2, 0.25) is 11.8 Å². The minimum absolute atomic E-state index is 0. The summed E-state index contributed by atoms with van der Waals surface area (Å²) in [4.78, 5) is 27.6. The number of nitrogens with zero attached hydrogens (tertiary/aromatic N) is 1. The van der Waals surface area contributed by atoms with Gasteiger partial charge >= 0.3 is 0 Å². The zero-order valence-electron chi connectivity index (χ0n) is 17.0. The van der Waals surface area contributed by atoms with Crippen LogP contribution in [-0.4, -0.2) is 49.4 Å². The summed E-state index contributed by atoms with van der Waals surface area (Å²) in [5.74, 6) is 2.84. The number of likely N-dealkylation sites (tertiary alicyclic amines) is 1. The molecule has 0 aromatic carbocycles. The van der Waals surface area contributed by atoms with Gasteiger partial charge in [0.15, 0.2) is 0 Å². The first-order valence-electron chi connectivity index (χ1n) is 11.3. The van der Waals surface area contributed by atoms with Gasteiger partial charge in [0.05, 0.1) is 0 Å². The van der Waals surface area contributed by atoms with Crippen LogP contribution in [0.2, 0.25) is 0 Å². The molecule has 6 fully saturated rings. The third kappa shape index (κ3) is 3.69. The third-order valence-electron chi connectivity index (χ3n) is 8.65. The van der Waals surface area contributed by atoms with Crippen LogP contribution in [-0.2, 0) is 9.59 Å². The van der Waals surface area contributed by atoms with Gasteiger partial charge in [0, 0.05) is 38.0 Å². The molecule has 4 saturated carbocycles. The number of piperidine rings is 1. The largest absolute Gasteiger partial charge is 0.355 e. The van der Waals surface area contributed by atoms with E-state index in [-0.39, 0.29) is 29.6 Å². The molecule has 0 atom stereocenters. The molecular formula is C22H36ClN3O2. The Hall–Kier alpha value is -0.810. The third-order valence-corrected chi connectivity index (χ3v) is 8.65. The Kier molecular flexibility index (Phi) is 5.69. The number of amides is 2. The molecule has 4 aliphatic carbocycles. The minimum atomic E-state index is -0.0925. The zero-order chi connectivity index (χ0) is 18.5. The molecule has 0 aromatic heterocycles. The van der Waals surface area contributed by atoms with E-state index in [4.69, 9.17) is 0 Å². The van der Waals surface area contributed by atoms with Crippen molar-refractivity contribution in [3.8, 4) is 0 Å². The lowest BCUT2D eigenvalue weighted by atomic mass is 9.49. The molecule has 0 aromatic rings. The highest BCUT2D eigenvalue weighted by Gasteiger charge is 2.54. The molecule has 6 aliphatic rings. The standard InChI is InChI=1S/C22H35N3O2.ClH/c26-19(25-7-3-21(4-8-25)2-6-23-15-21)1-5-24-20(27)22-12-16-9-17(13-22)11-18(10-16)14-22;/h16-18,23H,1-15H2,(H,24,27);1H. The predicted octanol–water partition coefficient (Wildman–Crippen LogP) is 2.73. The van der Waals surface area contributed by atoms with Crippen molar-refractivity contribution in [1.82, 2.24) is 15.5 Å². The van der Waals surface area contributed by atoms with E-state index in [1.165, 1.54) is 25.7 Å². The fraction of sp³-hybridized carbons (Fsp3) is 0.909. The van der Waals surface area contributed by atoms with Crippen molar-refractivity contribution in [3.63, 3.8) is 0 Å². The Morgan fingerprint density at radius 1 is 0.964 bits per heavy atom. The predicted molar refractivity (Wildman–Crippen MR) is 111 cm³/mol. The van der Waals surface area contributed by atoms with Crippen molar-refractivity contribution >= 4 is 24.2 Å². The number of rotatable bonds is 4. The van der Waals surface area contributed by atoms with Crippen LogP contribution in [0.25, 0.3) is 0 Å². The van der Waals surface area contributed by atoms with Gasteiger partial charge in [-0.1, -0.05) is 0 Å². The quantitative estimate of drug-likeness (QED) is 0.750. The van der Waals surface area contributed by atoms with Gasteiger partial charge in [-0.2, -0.15) is 0 Å². The van der Waals surface area contributed by atoms with Crippen LogP contribution < -0.4 is 10.6 Å². The summed E-state index contributed by atoms with van der Waals surface area (Å²) in [5.41, 5.74) is 0.355. The Balaban J connectivity index is 0.00000192. The van der Waals surface area contributed by atoms with Crippen LogP contribution >= 0.6 is 12.4 Å². The Morgan fingerprint density at radius 2 is 1.57 bits per heavy atom. The second-order valence-corrected chi connectivity index (χ2v) is 10.5. The lowest BCUT2D eigenvalue weighted by Gasteiger charge is -2.55. The van der Waals surface area contributed by atoms with Crippen LogP contribution in [0.1, 0.15) is 64.2 Å².